The number of benzene rings is 3. The van der Waals surface area contributed by atoms with Gasteiger partial charge in [-0.25, -0.2) is 0 Å². The molecule has 3 aromatic carbocycles. The topological polar surface area (TPSA) is 74.4 Å². The van der Waals surface area contributed by atoms with Crippen LogP contribution < -0.4 is 15.5 Å². The number of amides is 1. The molecule has 6 nitrogen and oxygen atoms in total. The number of hydrogen-bond acceptors (Lipinski definition) is 4. The van der Waals surface area contributed by atoms with Gasteiger partial charge in [-0.1, -0.05) is 24.3 Å². The van der Waals surface area contributed by atoms with Gasteiger partial charge in [0.1, 0.15) is 12.4 Å². The molecule has 0 spiro atoms. The highest BCUT2D eigenvalue weighted by molar-refractivity contribution is 6.00. The molecule has 0 fully saturated rings. The van der Waals surface area contributed by atoms with Crippen LogP contribution in [0, 0.1) is 0 Å². The summed E-state index contributed by atoms with van der Waals surface area (Å²) in [4.78, 5) is 31.4. The minimum Gasteiger partial charge on any atom is -0.492 e. The van der Waals surface area contributed by atoms with Crippen LogP contribution in [0.1, 0.15) is 43.6 Å². The Labute approximate surface area is 205 Å². The maximum absolute atomic E-state index is 13.1. The fourth-order valence-corrected chi connectivity index (χ4v) is 4.03. The van der Waals surface area contributed by atoms with Gasteiger partial charge in [0.05, 0.1) is 11.1 Å². The number of carbonyl (C=O) groups excluding carboxylic acids is 1. The Hall–Kier alpha value is -3.64. The van der Waals surface area contributed by atoms with Crippen LogP contribution in [-0.2, 0) is 5.54 Å². The second-order valence-electron chi connectivity index (χ2n) is 9.79. The number of nitrogens with one attached hydrogen (secondary N) is 2. The van der Waals surface area contributed by atoms with Crippen molar-refractivity contribution in [1.29, 1.82) is 0 Å². The quantitative estimate of drug-likeness (QED) is 0.352. The Morgan fingerprint density at radius 3 is 2.40 bits per heavy atom. The summed E-state index contributed by atoms with van der Waals surface area (Å²) in [6.07, 6.45) is 0. The minimum absolute atomic E-state index is 0.0419. The van der Waals surface area contributed by atoms with E-state index in [2.05, 4.69) is 36.1 Å². The van der Waals surface area contributed by atoms with Gasteiger partial charge in [-0.2, -0.15) is 0 Å². The second kappa shape index (κ2) is 9.92. The molecular formula is C29H33N3O3. The summed E-state index contributed by atoms with van der Waals surface area (Å²) in [7, 11) is 2.08. The number of carbonyl (C=O) groups is 1. The van der Waals surface area contributed by atoms with Crippen molar-refractivity contribution in [3.63, 3.8) is 0 Å². The summed E-state index contributed by atoms with van der Waals surface area (Å²) in [5, 5.41) is 4.32. The van der Waals surface area contributed by atoms with E-state index in [0.29, 0.717) is 34.5 Å². The first-order chi connectivity index (χ1) is 16.7. The normalized spacial score (nSPS) is 12.0. The zero-order valence-corrected chi connectivity index (χ0v) is 21.0. The zero-order chi connectivity index (χ0) is 25.2. The molecule has 4 rings (SSSR count). The van der Waals surface area contributed by atoms with Crippen molar-refractivity contribution in [1.82, 2.24) is 15.2 Å². The lowest BCUT2D eigenvalue weighted by atomic mass is 9.93. The molecule has 2 N–H and O–H groups in total. The van der Waals surface area contributed by atoms with Crippen LogP contribution in [0.3, 0.4) is 0 Å². The molecule has 4 aromatic rings. The number of hydrogen-bond donors (Lipinski definition) is 2. The summed E-state index contributed by atoms with van der Waals surface area (Å²) in [6.45, 7) is 9.72. The summed E-state index contributed by atoms with van der Waals surface area (Å²) in [5.41, 5.74) is 2.22. The molecule has 1 amide bonds. The Kier molecular flexibility index (Phi) is 6.94. The third-order valence-corrected chi connectivity index (χ3v) is 6.56. The van der Waals surface area contributed by atoms with Crippen LogP contribution in [0.25, 0.3) is 21.8 Å². The highest BCUT2D eigenvalue weighted by Crippen LogP contribution is 2.24. The van der Waals surface area contributed by atoms with Crippen LogP contribution in [-0.4, -0.2) is 42.0 Å². The van der Waals surface area contributed by atoms with Crippen molar-refractivity contribution in [2.24, 2.45) is 0 Å². The van der Waals surface area contributed by atoms with Gasteiger partial charge in [0.25, 0.3) is 5.91 Å². The Morgan fingerprint density at radius 2 is 1.69 bits per heavy atom. The molecule has 35 heavy (non-hydrogen) atoms. The summed E-state index contributed by atoms with van der Waals surface area (Å²) >= 11 is 0. The van der Waals surface area contributed by atoms with Gasteiger partial charge in [0.15, 0.2) is 5.43 Å². The van der Waals surface area contributed by atoms with Crippen molar-refractivity contribution >= 4 is 27.7 Å². The first-order valence-electron chi connectivity index (χ1n) is 12.0. The molecular weight excluding hydrogens is 438 g/mol. The number of fused-ring (bicyclic) bond motifs is 2. The van der Waals surface area contributed by atoms with E-state index in [-0.39, 0.29) is 11.3 Å². The van der Waals surface area contributed by atoms with Gasteiger partial charge in [0, 0.05) is 34.4 Å². The lowest BCUT2D eigenvalue weighted by Crippen LogP contribution is -2.41. The third-order valence-electron chi connectivity index (χ3n) is 6.56. The number of pyridine rings is 1. The molecule has 0 aliphatic heterocycles. The third kappa shape index (κ3) is 5.38. The van der Waals surface area contributed by atoms with E-state index >= 15 is 0 Å². The van der Waals surface area contributed by atoms with Crippen molar-refractivity contribution in [3.05, 3.63) is 88.1 Å². The Morgan fingerprint density at radius 1 is 1.00 bits per heavy atom. The summed E-state index contributed by atoms with van der Waals surface area (Å²) < 4.78 is 5.87. The predicted molar refractivity (Wildman–Crippen MR) is 142 cm³/mol. The number of H-pyrrole nitrogens is 1. The number of para-hydroxylation sites is 1. The summed E-state index contributed by atoms with van der Waals surface area (Å²) in [5.74, 6) is 0.599. The van der Waals surface area contributed by atoms with Crippen LogP contribution in [0.5, 0.6) is 5.75 Å². The van der Waals surface area contributed by atoms with Crippen molar-refractivity contribution in [2.75, 3.05) is 20.2 Å². The fraction of sp³-hybridized carbons (Fsp3) is 0.310. The van der Waals surface area contributed by atoms with E-state index in [1.807, 2.05) is 56.3 Å². The van der Waals surface area contributed by atoms with Gasteiger partial charge in [0.2, 0.25) is 0 Å². The van der Waals surface area contributed by atoms with E-state index in [9.17, 15) is 9.59 Å². The van der Waals surface area contributed by atoms with E-state index < -0.39 is 5.54 Å². The SMILES string of the molecule is CC(C)N(C)CCOc1ccc(C(C)(C)NC(=O)c2ccc3c(=O)c4ccccc4[nH]c3c2)cc1. The molecule has 0 saturated carbocycles. The van der Waals surface area contributed by atoms with E-state index in [1.165, 1.54) is 0 Å². The van der Waals surface area contributed by atoms with Crippen LogP contribution in [0.15, 0.2) is 71.5 Å². The van der Waals surface area contributed by atoms with Crippen LogP contribution in [0.2, 0.25) is 0 Å². The summed E-state index contributed by atoms with van der Waals surface area (Å²) in [6, 6.07) is 20.8. The second-order valence-corrected chi connectivity index (χ2v) is 9.79. The number of likely N-dealkylation sites (N-methyl/N-ethyl adjacent to an activating group) is 1. The van der Waals surface area contributed by atoms with Gasteiger partial charge in [-0.05, 0) is 82.8 Å². The lowest BCUT2D eigenvalue weighted by molar-refractivity contribution is 0.0912. The molecule has 0 saturated heterocycles. The predicted octanol–water partition coefficient (Wildman–Crippen LogP) is 5.07. The molecule has 1 heterocycles. The van der Waals surface area contributed by atoms with Crippen LogP contribution >= 0.6 is 0 Å². The number of nitrogens with zero attached hydrogens (tertiary/aromatic N) is 1. The number of aromatic nitrogens is 1. The van der Waals surface area contributed by atoms with Crippen molar-refractivity contribution in [2.45, 2.75) is 39.3 Å². The number of aromatic amines is 1. The Balaban J connectivity index is 1.47. The first kappa shape index (κ1) is 24.5. The molecule has 182 valence electrons. The smallest absolute Gasteiger partial charge is 0.252 e. The average molecular weight is 472 g/mol. The molecule has 0 aliphatic rings. The zero-order valence-electron chi connectivity index (χ0n) is 21.0. The van der Waals surface area contributed by atoms with E-state index in [0.717, 1.165) is 23.4 Å². The molecule has 0 unspecified atom stereocenters. The van der Waals surface area contributed by atoms with Crippen molar-refractivity contribution < 1.29 is 9.53 Å². The molecule has 0 bridgehead atoms. The molecule has 0 aliphatic carbocycles. The average Bonchev–Trinajstić information content (AvgIpc) is 2.84. The first-order valence-corrected chi connectivity index (χ1v) is 12.0. The van der Waals surface area contributed by atoms with Gasteiger partial charge in [-0.15, -0.1) is 0 Å². The van der Waals surface area contributed by atoms with Gasteiger partial charge < -0.3 is 19.9 Å². The highest BCUT2D eigenvalue weighted by Gasteiger charge is 2.24. The fourth-order valence-electron chi connectivity index (χ4n) is 4.03. The standard InChI is InChI=1S/C29H33N3O3/c1-19(2)32(5)16-17-35-22-13-11-21(12-14-22)29(3,4)31-28(34)20-10-15-24-26(18-20)30-25-9-7-6-8-23(25)27(24)33/h6-15,18-19H,16-17H2,1-5H3,(H,30,33)(H,31,34). The van der Waals surface area contributed by atoms with Gasteiger partial charge in [-0.3, -0.25) is 9.59 Å². The molecule has 0 radical (unpaired) electrons. The van der Waals surface area contributed by atoms with Crippen LogP contribution in [0.4, 0.5) is 0 Å². The maximum Gasteiger partial charge on any atom is 0.252 e. The van der Waals surface area contributed by atoms with Gasteiger partial charge >= 0.3 is 0 Å². The molecule has 6 heteroatoms. The monoisotopic (exact) mass is 471 g/mol. The van der Waals surface area contributed by atoms with E-state index in [1.54, 1.807) is 24.3 Å². The highest BCUT2D eigenvalue weighted by atomic mass is 16.5. The maximum atomic E-state index is 13.1. The molecule has 0 atom stereocenters. The lowest BCUT2D eigenvalue weighted by Gasteiger charge is -2.27. The molecule has 1 aromatic heterocycles. The van der Waals surface area contributed by atoms with Crippen molar-refractivity contribution in [3.8, 4) is 5.75 Å². The largest absolute Gasteiger partial charge is 0.492 e. The van der Waals surface area contributed by atoms with E-state index in [4.69, 9.17) is 4.74 Å². The minimum atomic E-state index is -0.598. The number of rotatable bonds is 8. The Bertz CT molecular complexity index is 1400. The number of ether oxygens (including phenoxy) is 1.